The monoisotopic (exact) mass is 412 g/mol. The van der Waals surface area contributed by atoms with Gasteiger partial charge in [0.2, 0.25) is 11.7 Å². The van der Waals surface area contributed by atoms with Gasteiger partial charge in [-0.25, -0.2) is 0 Å². The van der Waals surface area contributed by atoms with Gasteiger partial charge >= 0.3 is 0 Å². The molecular weight excluding hydrogens is 388 g/mol. The first kappa shape index (κ1) is 22.6. The Hall–Kier alpha value is -3.68. The van der Waals surface area contributed by atoms with Gasteiger partial charge in [-0.15, -0.1) is 0 Å². The van der Waals surface area contributed by atoms with Crippen LogP contribution in [-0.2, 0) is 20.8 Å². The smallest absolute Gasteiger partial charge is 0.287 e. The highest BCUT2D eigenvalue weighted by atomic mass is 16.5. The van der Waals surface area contributed by atoms with Gasteiger partial charge in [0.05, 0.1) is 19.8 Å². The van der Waals surface area contributed by atoms with Crippen LogP contribution in [0.15, 0.2) is 48.5 Å². The van der Waals surface area contributed by atoms with Gasteiger partial charge in [-0.2, -0.15) is 0 Å². The van der Waals surface area contributed by atoms with Crippen molar-refractivity contribution in [1.82, 2.24) is 5.32 Å². The fourth-order valence-corrected chi connectivity index (χ4v) is 2.89. The molecule has 0 spiro atoms. The summed E-state index contributed by atoms with van der Waals surface area (Å²) in [6, 6.07) is 12.6. The molecule has 0 saturated heterocycles. The van der Waals surface area contributed by atoms with Gasteiger partial charge in [-0.05, 0) is 17.7 Å². The second-order valence-electron chi connectivity index (χ2n) is 6.53. The molecule has 0 unspecified atom stereocenters. The third-order valence-electron chi connectivity index (χ3n) is 4.47. The summed E-state index contributed by atoms with van der Waals surface area (Å²) in [5.41, 5.74) is 6.18. The van der Waals surface area contributed by atoms with E-state index in [0.29, 0.717) is 17.1 Å². The third kappa shape index (κ3) is 6.16. The highest BCUT2D eigenvalue weighted by Crippen LogP contribution is 2.25. The Labute approximate surface area is 174 Å². The first-order valence-corrected chi connectivity index (χ1v) is 9.27. The van der Waals surface area contributed by atoms with Crippen LogP contribution < -0.4 is 20.5 Å². The van der Waals surface area contributed by atoms with Crippen molar-refractivity contribution in [3.8, 4) is 11.5 Å². The van der Waals surface area contributed by atoms with Crippen molar-refractivity contribution in [2.75, 3.05) is 14.2 Å². The molecule has 1 atom stereocenters. The summed E-state index contributed by atoms with van der Waals surface area (Å²) >= 11 is 0. The van der Waals surface area contributed by atoms with Crippen LogP contribution in [0.4, 0.5) is 0 Å². The molecule has 0 aliphatic carbocycles. The quantitative estimate of drug-likeness (QED) is 0.425. The Balaban J connectivity index is 2.02. The zero-order valence-corrected chi connectivity index (χ0v) is 16.8. The molecule has 0 saturated carbocycles. The highest BCUT2D eigenvalue weighted by Gasteiger charge is 2.25. The molecule has 0 fully saturated rings. The number of nitrogens with two attached hydrogens (primary N) is 1. The van der Waals surface area contributed by atoms with Crippen molar-refractivity contribution < 1.29 is 28.7 Å². The number of carbonyl (C=O) groups is 4. The molecule has 2 aromatic rings. The molecule has 3 N–H and O–H groups in total. The fraction of sp³-hybridized carbons (Fsp3) is 0.273. The molecule has 2 aromatic carbocycles. The summed E-state index contributed by atoms with van der Waals surface area (Å²) in [6.07, 6.45) is -0.142. The van der Waals surface area contributed by atoms with Gasteiger partial charge in [0.25, 0.3) is 5.91 Å². The average molecular weight is 412 g/mol. The van der Waals surface area contributed by atoms with Crippen molar-refractivity contribution in [3.05, 3.63) is 59.7 Å². The van der Waals surface area contributed by atoms with Crippen molar-refractivity contribution in [1.29, 1.82) is 0 Å². The van der Waals surface area contributed by atoms with Gasteiger partial charge in [0.1, 0.15) is 17.5 Å². The molecule has 30 heavy (non-hydrogen) atoms. The Morgan fingerprint density at radius 1 is 0.967 bits per heavy atom. The lowest BCUT2D eigenvalue weighted by Crippen LogP contribution is -2.47. The van der Waals surface area contributed by atoms with Crippen molar-refractivity contribution in [2.24, 2.45) is 5.73 Å². The molecule has 2 amide bonds. The Kier molecular flexibility index (Phi) is 8.10. The zero-order chi connectivity index (χ0) is 22.1. The van der Waals surface area contributed by atoms with Crippen LogP contribution >= 0.6 is 0 Å². The van der Waals surface area contributed by atoms with E-state index in [0.717, 1.165) is 5.56 Å². The molecule has 0 aromatic heterocycles. The molecule has 8 nitrogen and oxygen atoms in total. The zero-order valence-electron chi connectivity index (χ0n) is 16.8. The topological polar surface area (TPSA) is 125 Å². The van der Waals surface area contributed by atoms with Crippen molar-refractivity contribution >= 4 is 23.4 Å². The summed E-state index contributed by atoms with van der Waals surface area (Å²) < 4.78 is 10.3. The van der Waals surface area contributed by atoms with Crippen LogP contribution in [-0.4, -0.2) is 43.6 Å². The summed E-state index contributed by atoms with van der Waals surface area (Å²) in [5, 5.41) is 2.51. The molecule has 0 aliphatic rings. The Morgan fingerprint density at radius 3 is 2.27 bits per heavy atom. The lowest BCUT2D eigenvalue weighted by atomic mass is 10.0. The van der Waals surface area contributed by atoms with Crippen LogP contribution in [0.5, 0.6) is 11.5 Å². The third-order valence-corrected chi connectivity index (χ3v) is 4.47. The van der Waals surface area contributed by atoms with Crippen molar-refractivity contribution in [2.45, 2.75) is 25.3 Å². The molecule has 0 aliphatic heterocycles. The maximum absolute atomic E-state index is 12.5. The minimum Gasteiger partial charge on any atom is -0.497 e. The maximum atomic E-state index is 12.5. The number of primary amides is 1. The number of rotatable bonds is 11. The molecule has 158 valence electrons. The lowest BCUT2D eigenvalue weighted by molar-refractivity contribution is -0.138. The maximum Gasteiger partial charge on any atom is 0.287 e. The Morgan fingerprint density at radius 2 is 1.67 bits per heavy atom. The van der Waals surface area contributed by atoms with E-state index in [1.54, 1.807) is 42.5 Å². The number of ketones is 2. The lowest BCUT2D eigenvalue weighted by Gasteiger charge is -2.16. The van der Waals surface area contributed by atoms with E-state index >= 15 is 0 Å². The predicted octanol–water partition coefficient (Wildman–Crippen LogP) is 1.45. The summed E-state index contributed by atoms with van der Waals surface area (Å²) in [7, 11) is 2.93. The molecule has 0 bridgehead atoms. The second-order valence-corrected chi connectivity index (χ2v) is 6.53. The fourth-order valence-electron chi connectivity index (χ4n) is 2.89. The van der Waals surface area contributed by atoms with Crippen LogP contribution in [0.3, 0.4) is 0 Å². The Bertz CT molecular complexity index is 926. The summed E-state index contributed by atoms with van der Waals surface area (Å²) in [6.45, 7) is 0. The summed E-state index contributed by atoms with van der Waals surface area (Å²) in [5.74, 6) is -1.98. The average Bonchev–Trinajstić information content (AvgIpc) is 2.76. The minimum atomic E-state index is -1.13. The van der Waals surface area contributed by atoms with E-state index in [1.807, 2.05) is 6.07 Å². The number of methoxy groups -OCH3 is 2. The first-order valence-electron chi connectivity index (χ1n) is 9.27. The van der Waals surface area contributed by atoms with E-state index < -0.39 is 23.6 Å². The SMILES string of the molecule is COc1ccc(C(=O)CCC(=O)N[C@@H](Cc2ccccc2)C(=O)C(N)=O)c(OC)c1. The van der Waals surface area contributed by atoms with Gasteiger partial charge < -0.3 is 20.5 Å². The summed E-state index contributed by atoms with van der Waals surface area (Å²) in [4.78, 5) is 48.3. The van der Waals surface area contributed by atoms with Crippen molar-refractivity contribution in [3.63, 3.8) is 0 Å². The number of benzene rings is 2. The van der Waals surface area contributed by atoms with E-state index in [9.17, 15) is 19.2 Å². The number of hydrogen-bond acceptors (Lipinski definition) is 6. The normalized spacial score (nSPS) is 11.3. The van der Waals surface area contributed by atoms with E-state index in [2.05, 4.69) is 5.32 Å². The largest absolute Gasteiger partial charge is 0.497 e. The number of amides is 2. The van der Waals surface area contributed by atoms with Gasteiger partial charge in [-0.3, -0.25) is 19.2 Å². The van der Waals surface area contributed by atoms with E-state index in [1.165, 1.54) is 14.2 Å². The van der Waals surface area contributed by atoms with Gasteiger partial charge in [0, 0.05) is 25.3 Å². The van der Waals surface area contributed by atoms with E-state index in [4.69, 9.17) is 15.2 Å². The molecule has 8 heteroatoms. The van der Waals surface area contributed by atoms with Gasteiger partial charge in [0.15, 0.2) is 5.78 Å². The van der Waals surface area contributed by atoms with Crippen LogP contribution in [0.2, 0.25) is 0 Å². The molecule has 2 rings (SSSR count). The van der Waals surface area contributed by atoms with Crippen LogP contribution in [0.25, 0.3) is 0 Å². The van der Waals surface area contributed by atoms with E-state index in [-0.39, 0.29) is 25.0 Å². The van der Waals surface area contributed by atoms with Crippen LogP contribution in [0, 0.1) is 0 Å². The minimum absolute atomic E-state index is 0.0999. The number of Topliss-reactive ketones (excluding diaryl/α,β-unsaturated/α-hetero) is 2. The number of nitrogens with one attached hydrogen (secondary N) is 1. The molecule has 0 radical (unpaired) electrons. The number of carbonyl (C=O) groups excluding carboxylic acids is 4. The van der Waals surface area contributed by atoms with Crippen LogP contribution in [0.1, 0.15) is 28.8 Å². The highest BCUT2D eigenvalue weighted by molar-refractivity contribution is 6.37. The standard InChI is InChI=1S/C22H24N2O6/c1-29-15-8-9-16(19(13-15)30-2)18(25)10-11-20(26)24-17(21(27)22(23)28)12-14-6-4-3-5-7-14/h3-9,13,17H,10-12H2,1-2H3,(H2,23,28)(H,24,26)/t17-/m0/s1. The number of ether oxygens (including phenoxy) is 2. The molecular formula is C22H24N2O6. The first-order chi connectivity index (χ1) is 14.3. The molecule has 0 heterocycles. The second kappa shape index (κ2) is 10.8. The number of hydrogen-bond donors (Lipinski definition) is 2. The predicted molar refractivity (Wildman–Crippen MR) is 109 cm³/mol. The van der Waals surface area contributed by atoms with Gasteiger partial charge in [-0.1, -0.05) is 30.3 Å².